The fraction of sp³-hybridized carbons (Fsp3) is 0.333. The van der Waals surface area contributed by atoms with Gasteiger partial charge < -0.3 is 5.11 Å². The van der Waals surface area contributed by atoms with Gasteiger partial charge in [-0.25, -0.2) is 9.37 Å². The van der Waals surface area contributed by atoms with E-state index in [1.807, 2.05) is 0 Å². The lowest BCUT2D eigenvalue weighted by atomic mass is 9.98. The van der Waals surface area contributed by atoms with Gasteiger partial charge in [0.2, 0.25) is 0 Å². The summed E-state index contributed by atoms with van der Waals surface area (Å²) in [7, 11) is 0. The molecule has 0 aliphatic rings. The number of hydrogen-bond donors (Lipinski definition) is 1. The molecule has 1 rings (SSSR count). The zero-order valence-electron chi connectivity index (χ0n) is 7.50. The molecule has 5 heteroatoms. The van der Waals surface area contributed by atoms with Crippen LogP contribution in [-0.2, 0) is 4.79 Å². The molecule has 1 aromatic rings. The summed E-state index contributed by atoms with van der Waals surface area (Å²) in [4.78, 5) is 14.3. The number of halogens is 2. The molecule has 0 saturated heterocycles. The van der Waals surface area contributed by atoms with Crippen molar-refractivity contribution in [2.45, 2.75) is 19.3 Å². The highest BCUT2D eigenvalue weighted by atomic mass is 35.5. The molecule has 76 valence electrons. The first kappa shape index (κ1) is 10.9. The Morgan fingerprint density at radius 3 is 2.93 bits per heavy atom. The van der Waals surface area contributed by atoms with Crippen molar-refractivity contribution in [1.29, 1.82) is 0 Å². The van der Waals surface area contributed by atoms with Crippen molar-refractivity contribution in [1.82, 2.24) is 4.98 Å². The molecule has 0 aromatic carbocycles. The molecule has 0 aliphatic heterocycles. The molecule has 3 nitrogen and oxygen atoms in total. The van der Waals surface area contributed by atoms with Crippen molar-refractivity contribution in [2.75, 3.05) is 0 Å². The molecule has 1 aromatic heterocycles. The van der Waals surface area contributed by atoms with Crippen molar-refractivity contribution in [3.8, 4) is 0 Å². The topological polar surface area (TPSA) is 50.2 Å². The molecule has 0 radical (unpaired) electrons. The van der Waals surface area contributed by atoms with E-state index < -0.39 is 17.7 Å². The van der Waals surface area contributed by atoms with E-state index in [1.165, 1.54) is 0 Å². The summed E-state index contributed by atoms with van der Waals surface area (Å²) >= 11 is 5.67. The second-order valence-electron chi connectivity index (χ2n) is 2.83. The van der Waals surface area contributed by atoms with Gasteiger partial charge in [-0.3, -0.25) is 4.79 Å². The second kappa shape index (κ2) is 4.37. The molecule has 14 heavy (non-hydrogen) atoms. The molecule has 0 fully saturated rings. The summed E-state index contributed by atoms with van der Waals surface area (Å²) < 4.78 is 12.8. The van der Waals surface area contributed by atoms with E-state index in [1.54, 1.807) is 6.92 Å². The van der Waals surface area contributed by atoms with E-state index in [2.05, 4.69) is 4.98 Å². The highest BCUT2D eigenvalue weighted by molar-refractivity contribution is 6.30. The maximum absolute atomic E-state index is 12.8. The Hall–Kier alpha value is -1.16. The van der Waals surface area contributed by atoms with Crippen LogP contribution in [0.25, 0.3) is 0 Å². The third-order valence-corrected chi connectivity index (χ3v) is 2.23. The Balaban J connectivity index is 3.15. The minimum atomic E-state index is -1.03. The van der Waals surface area contributed by atoms with Gasteiger partial charge in [-0.15, -0.1) is 0 Å². The number of carboxylic acid groups (broad SMARTS) is 1. The maximum Gasteiger partial charge on any atom is 0.311 e. The molecular formula is C9H9ClFNO2. The minimum Gasteiger partial charge on any atom is -0.481 e. The third kappa shape index (κ3) is 2.20. The van der Waals surface area contributed by atoms with Crippen LogP contribution >= 0.6 is 11.6 Å². The van der Waals surface area contributed by atoms with Crippen LogP contribution in [0.15, 0.2) is 12.3 Å². The zero-order chi connectivity index (χ0) is 10.7. The van der Waals surface area contributed by atoms with E-state index in [4.69, 9.17) is 16.7 Å². The molecule has 0 aliphatic carbocycles. The van der Waals surface area contributed by atoms with Gasteiger partial charge in [0.15, 0.2) is 0 Å². The predicted octanol–water partition coefficient (Wildman–Crippen LogP) is 2.45. The monoisotopic (exact) mass is 217 g/mol. The number of pyridine rings is 1. The molecule has 1 atom stereocenters. The lowest BCUT2D eigenvalue weighted by Gasteiger charge is -2.10. The van der Waals surface area contributed by atoms with Gasteiger partial charge in [0.25, 0.3) is 0 Å². The Morgan fingerprint density at radius 1 is 1.79 bits per heavy atom. The number of aromatic nitrogens is 1. The number of carbonyl (C=O) groups is 1. The summed E-state index contributed by atoms with van der Waals surface area (Å²) in [5, 5.41) is 8.88. The van der Waals surface area contributed by atoms with Crippen LogP contribution in [-0.4, -0.2) is 16.1 Å². The smallest absolute Gasteiger partial charge is 0.311 e. The summed E-state index contributed by atoms with van der Waals surface area (Å²) in [6, 6.07) is 1.11. The average molecular weight is 218 g/mol. The molecule has 0 amide bonds. The summed E-state index contributed by atoms with van der Waals surface area (Å²) in [5.74, 6) is -2.41. The van der Waals surface area contributed by atoms with Gasteiger partial charge in [0.1, 0.15) is 11.0 Å². The molecule has 1 N–H and O–H groups in total. The molecule has 1 heterocycles. The normalized spacial score (nSPS) is 12.5. The first-order valence-corrected chi connectivity index (χ1v) is 4.47. The summed E-state index contributed by atoms with van der Waals surface area (Å²) in [6.45, 7) is 1.69. The van der Waals surface area contributed by atoms with Gasteiger partial charge in [-0.2, -0.15) is 0 Å². The Labute approximate surface area is 85.5 Å². The average Bonchev–Trinajstić information content (AvgIpc) is 2.11. The highest BCUT2D eigenvalue weighted by Crippen LogP contribution is 2.26. The van der Waals surface area contributed by atoms with E-state index in [0.29, 0.717) is 6.42 Å². The highest BCUT2D eigenvalue weighted by Gasteiger charge is 2.21. The number of carboxylic acids is 1. The Morgan fingerprint density at radius 2 is 2.43 bits per heavy atom. The minimum absolute atomic E-state index is 0.0423. The molecular weight excluding hydrogens is 209 g/mol. The van der Waals surface area contributed by atoms with Gasteiger partial charge in [-0.1, -0.05) is 18.5 Å². The van der Waals surface area contributed by atoms with Crippen LogP contribution < -0.4 is 0 Å². The SMILES string of the molecule is CCC(C(=O)O)c1cc(F)cnc1Cl. The number of rotatable bonds is 3. The van der Waals surface area contributed by atoms with Crippen molar-refractivity contribution in [2.24, 2.45) is 0 Å². The van der Waals surface area contributed by atoms with Crippen LogP contribution in [0.2, 0.25) is 5.15 Å². The molecule has 0 spiro atoms. The van der Waals surface area contributed by atoms with Crippen molar-refractivity contribution in [3.05, 3.63) is 28.8 Å². The predicted molar refractivity (Wildman–Crippen MR) is 49.9 cm³/mol. The lowest BCUT2D eigenvalue weighted by molar-refractivity contribution is -0.138. The first-order valence-electron chi connectivity index (χ1n) is 4.10. The number of nitrogens with zero attached hydrogens (tertiary/aromatic N) is 1. The van der Waals surface area contributed by atoms with Crippen molar-refractivity contribution >= 4 is 17.6 Å². The first-order chi connectivity index (χ1) is 6.56. The summed E-state index contributed by atoms with van der Waals surface area (Å²) in [6.07, 6.45) is 1.31. The second-order valence-corrected chi connectivity index (χ2v) is 3.19. The van der Waals surface area contributed by atoms with Gasteiger partial charge in [0.05, 0.1) is 12.1 Å². The summed E-state index contributed by atoms with van der Waals surface area (Å²) in [5.41, 5.74) is 0.224. The van der Waals surface area contributed by atoms with Crippen LogP contribution in [0.3, 0.4) is 0 Å². The van der Waals surface area contributed by atoms with E-state index >= 15 is 0 Å². The van der Waals surface area contributed by atoms with Gasteiger partial charge in [0, 0.05) is 5.56 Å². The van der Waals surface area contributed by atoms with Crippen molar-refractivity contribution < 1.29 is 14.3 Å². The standard InChI is InChI=1S/C9H9ClFNO2/c1-2-6(9(13)14)7-3-5(11)4-12-8(7)10/h3-4,6H,2H2,1H3,(H,13,14). The third-order valence-electron chi connectivity index (χ3n) is 1.91. The van der Waals surface area contributed by atoms with Crippen LogP contribution in [0.4, 0.5) is 4.39 Å². The fourth-order valence-electron chi connectivity index (χ4n) is 1.21. The maximum atomic E-state index is 12.8. The Bertz CT molecular complexity index is 357. The van der Waals surface area contributed by atoms with E-state index in [0.717, 1.165) is 12.3 Å². The molecule has 0 bridgehead atoms. The zero-order valence-corrected chi connectivity index (χ0v) is 8.25. The van der Waals surface area contributed by atoms with Crippen molar-refractivity contribution in [3.63, 3.8) is 0 Å². The van der Waals surface area contributed by atoms with Gasteiger partial charge in [-0.05, 0) is 12.5 Å². The molecule has 0 saturated carbocycles. The quantitative estimate of drug-likeness (QED) is 0.792. The van der Waals surface area contributed by atoms with E-state index in [9.17, 15) is 9.18 Å². The lowest BCUT2D eigenvalue weighted by Crippen LogP contribution is -2.11. The van der Waals surface area contributed by atoms with Crippen LogP contribution in [0.5, 0.6) is 0 Å². The van der Waals surface area contributed by atoms with Crippen LogP contribution in [0, 0.1) is 5.82 Å². The Kier molecular flexibility index (Phi) is 3.41. The number of hydrogen-bond acceptors (Lipinski definition) is 2. The van der Waals surface area contributed by atoms with Gasteiger partial charge >= 0.3 is 5.97 Å². The largest absolute Gasteiger partial charge is 0.481 e. The number of aliphatic carboxylic acids is 1. The van der Waals surface area contributed by atoms with E-state index in [-0.39, 0.29) is 10.7 Å². The molecule has 1 unspecified atom stereocenters. The fourth-order valence-corrected chi connectivity index (χ4v) is 1.45. The van der Waals surface area contributed by atoms with Crippen LogP contribution in [0.1, 0.15) is 24.8 Å².